The fraction of sp³-hybridized carbons (Fsp3) is 0.529. The van der Waals surface area contributed by atoms with Gasteiger partial charge in [0.1, 0.15) is 22.1 Å². The summed E-state index contributed by atoms with van der Waals surface area (Å²) in [6.45, 7) is 5.50. The SMILES string of the molecule is CCC[C@@H](NC(=O)[C@]1(C)CSC(/C(C)=N/N)=N1)c1cc(OC)cc(=O)o1. The van der Waals surface area contributed by atoms with Crippen molar-refractivity contribution in [3.8, 4) is 5.75 Å². The van der Waals surface area contributed by atoms with E-state index in [0.717, 1.165) is 6.42 Å². The van der Waals surface area contributed by atoms with Crippen molar-refractivity contribution >= 4 is 28.4 Å². The number of nitrogens with one attached hydrogen (secondary N) is 1. The van der Waals surface area contributed by atoms with Crippen molar-refractivity contribution in [1.82, 2.24) is 5.32 Å². The van der Waals surface area contributed by atoms with Crippen LogP contribution in [-0.2, 0) is 4.79 Å². The molecule has 0 aromatic carbocycles. The minimum absolute atomic E-state index is 0.242. The van der Waals surface area contributed by atoms with Gasteiger partial charge in [-0.25, -0.2) is 4.79 Å². The number of ether oxygens (including phenoxy) is 1. The lowest BCUT2D eigenvalue weighted by Gasteiger charge is -2.24. The lowest BCUT2D eigenvalue weighted by atomic mass is 10.0. The Morgan fingerprint density at radius 3 is 2.92 bits per heavy atom. The minimum atomic E-state index is -0.933. The van der Waals surface area contributed by atoms with Crippen LogP contribution in [0.2, 0.25) is 0 Å². The van der Waals surface area contributed by atoms with Crippen LogP contribution in [-0.4, -0.2) is 35.1 Å². The van der Waals surface area contributed by atoms with Crippen LogP contribution in [0.5, 0.6) is 5.75 Å². The molecule has 0 bridgehead atoms. The zero-order valence-corrected chi connectivity index (χ0v) is 16.2. The van der Waals surface area contributed by atoms with Crippen LogP contribution in [0.25, 0.3) is 0 Å². The summed E-state index contributed by atoms with van der Waals surface area (Å²) in [6, 6.07) is 2.43. The molecule has 0 saturated carbocycles. The van der Waals surface area contributed by atoms with Crippen LogP contribution in [0.3, 0.4) is 0 Å². The van der Waals surface area contributed by atoms with Gasteiger partial charge in [-0.1, -0.05) is 13.3 Å². The Hall–Kier alpha value is -2.29. The van der Waals surface area contributed by atoms with Crippen LogP contribution < -0.4 is 21.5 Å². The molecule has 2 atom stereocenters. The second kappa shape index (κ2) is 8.39. The summed E-state index contributed by atoms with van der Waals surface area (Å²) in [5.41, 5.74) is -0.861. The number of carbonyl (C=O) groups is 1. The largest absolute Gasteiger partial charge is 0.496 e. The Bertz CT molecular complexity index is 789. The molecule has 1 amide bonds. The van der Waals surface area contributed by atoms with E-state index >= 15 is 0 Å². The van der Waals surface area contributed by atoms with E-state index < -0.39 is 17.2 Å². The molecule has 3 N–H and O–H groups in total. The van der Waals surface area contributed by atoms with E-state index in [1.807, 2.05) is 6.92 Å². The van der Waals surface area contributed by atoms with Gasteiger partial charge in [0, 0.05) is 11.8 Å². The van der Waals surface area contributed by atoms with Crippen molar-refractivity contribution in [3.63, 3.8) is 0 Å². The van der Waals surface area contributed by atoms with Gasteiger partial charge in [0.25, 0.3) is 0 Å². The van der Waals surface area contributed by atoms with Gasteiger partial charge in [0.15, 0.2) is 0 Å². The van der Waals surface area contributed by atoms with Crippen LogP contribution in [0.1, 0.15) is 45.4 Å². The van der Waals surface area contributed by atoms with E-state index in [4.69, 9.17) is 15.0 Å². The lowest BCUT2D eigenvalue weighted by Crippen LogP contribution is -2.45. The fourth-order valence-corrected chi connectivity index (χ4v) is 3.65. The highest BCUT2D eigenvalue weighted by atomic mass is 32.2. The number of rotatable bonds is 7. The molecular weight excluding hydrogens is 356 g/mol. The average Bonchev–Trinajstić information content (AvgIpc) is 3.03. The number of nitrogens with two attached hydrogens (primary N) is 1. The van der Waals surface area contributed by atoms with Crippen LogP contribution in [0.4, 0.5) is 0 Å². The van der Waals surface area contributed by atoms with Crippen LogP contribution in [0.15, 0.2) is 31.4 Å². The Balaban J connectivity index is 2.25. The molecule has 26 heavy (non-hydrogen) atoms. The molecule has 2 heterocycles. The van der Waals surface area contributed by atoms with Gasteiger partial charge in [0.2, 0.25) is 5.91 Å². The van der Waals surface area contributed by atoms with E-state index in [2.05, 4.69) is 15.4 Å². The molecule has 0 aliphatic carbocycles. The van der Waals surface area contributed by atoms with Crippen LogP contribution in [0, 0.1) is 0 Å². The van der Waals surface area contributed by atoms with Crippen molar-refractivity contribution in [2.75, 3.05) is 12.9 Å². The number of nitrogens with zero attached hydrogens (tertiary/aromatic N) is 2. The standard InChI is InChI=1S/C17H24N4O4S/c1-5-6-12(13-7-11(24-4)8-14(22)25-13)19-16(23)17(3)9-26-15(20-17)10(2)21-18/h7-8,12H,5-6,9,18H2,1-4H3,(H,19,23)/b21-10+/t12-,17+/m1/s1. The predicted octanol–water partition coefficient (Wildman–Crippen LogP) is 1.84. The van der Waals surface area contributed by atoms with Gasteiger partial charge in [-0.05, 0) is 20.3 Å². The summed E-state index contributed by atoms with van der Waals surface area (Å²) in [5, 5.41) is 7.24. The maximum atomic E-state index is 12.9. The second-order valence-corrected chi connectivity index (χ2v) is 7.19. The molecule has 0 radical (unpaired) electrons. The Morgan fingerprint density at radius 2 is 2.31 bits per heavy atom. The van der Waals surface area contributed by atoms with Crippen molar-refractivity contribution < 1.29 is 13.9 Å². The van der Waals surface area contributed by atoms with E-state index in [1.54, 1.807) is 19.9 Å². The summed E-state index contributed by atoms with van der Waals surface area (Å²) in [4.78, 5) is 29.1. The first-order valence-corrected chi connectivity index (χ1v) is 9.29. The second-order valence-electron chi connectivity index (χ2n) is 6.23. The first-order valence-electron chi connectivity index (χ1n) is 8.30. The summed E-state index contributed by atoms with van der Waals surface area (Å²) < 4.78 is 10.4. The van der Waals surface area contributed by atoms with Crippen molar-refractivity contribution in [1.29, 1.82) is 0 Å². The summed E-state index contributed by atoms with van der Waals surface area (Å²) in [6.07, 6.45) is 1.41. The molecule has 0 saturated heterocycles. The van der Waals surface area contributed by atoms with Crippen molar-refractivity contribution in [3.05, 3.63) is 28.3 Å². The highest BCUT2D eigenvalue weighted by Crippen LogP contribution is 2.30. The smallest absolute Gasteiger partial charge is 0.339 e. The fourth-order valence-electron chi connectivity index (χ4n) is 2.51. The maximum absolute atomic E-state index is 12.9. The monoisotopic (exact) mass is 380 g/mol. The molecule has 9 heteroatoms. The zero-order chi connectivity index (χ0) is 19.3. The van der Waals surface area contributed by atoms with Gasteiger partial charge in [-0.3, -0.25) is 9.79 Å². The molecule has 1 aromatic heterocycles. The third kappa shape index (κ3) is 4.46. The summed E-state index contributed by atoms with van der Waals surface area (Å²) in [5.74, 6) is 6.30. The summed E-state index contributed by atoms with van der Waals surface area (Å²) in [7, 11) is 1.47. The molecule has 0 spiro atoms. The Labute approximate surface area is 156 Å². The lowest BCUT2D eigenvalue weighted by molar-refractivity contribution is -0.125. The molecule has 1 aromatic rings. The zero-order valence-electron chi connectivity index (χ0n) is 15.4. The van der Waals surface area contributed by atoms with Crippen molar-refractivity contribution in [2.24, 2.45) is 15.9 Å². The number of amides is 1. The van der Waals surface area contributed by atoms with E-state index in [9.17, 15) is 9.59 Å². The number of thioether (sulfide) groups is 1. The molecular formula is C17H24N4O4S. The average molecular weight is 380 g/mol. The van der Waals surface area contributed by atoms with E-state index in [-0.39, 0.29) is 5.91 Å². The van der Waals surface area contributed by atoms with Crippen molar-refractivity contribution in [2.45, 2.75) is 45.2 Å². The molecule has 8 nitrogen and oxygen atoms in total. The molecule has 0 unspecified atom stereocenters. The van der Waals surface area contributed by atoms with E-state index in [0.29, 0.717) is 34.4 Å². The minimum Gasteiger partial charge on any atom is -0.496 e. The number of methoxy groups -OCH3 is 1. The van der Waals surface area contributed by atoms with Gasteiger partial charge in [0.05, 0.1) is 24.9 Å². The molecule has 2 rings (SSSR count). The number of aliphatic imine (C=N–C) groups is 1. The third-order valence-electron chi connectivity index (χ3n) is 4.06. The molecule has 142 valence electrons. The normalized spacial score (nSPS) is 21.2. The van der Waals surface area contributed by atoms with Gasteiger partial charge < -0.3 is 20.3 Å². The quantitative estimate of drug-likeness (QED) is 0.423. The first kappa shape index (κ1) is 20.0. The van der Waals surface area contributed by atoms with Gasteiger partial charge in [-0.15, -0.1) is 11.8 Å². The van der Waals surface area contributed by atoms with Gasteiger partial charge in [-0.2, -0.15) is 5.10 Å². The predicted molar refractivity (Wildman–Crippen MR) is 103 cm³/mol. The van der Waals surface area contributed by atoms with E-state index in [1.165, 1.54) is 24.9 Å². The Morgan fingerprint density at radius 1 is 1.58 bits per heavy atom. The molecule has 0 fully saturated rings. The highest BCUT2D eigenvalue weighted by molar-refractivity contribution is 8.16. The number of carbonyl (C=O) groups excluding carboxylic acids is 1. The number of hydrazone groups is 1. The first-order chi connectivity index (χ1) is 12.3. The van der Waals surface area contributed by atoms with Gasteiger partial charge >= 0.3 is 5.63 Å². The highest BCUT2D eigenvalue weighted by Gasteiger charge is 2.40. The molecule has 1 aliphatic heterocycles. The summed E-state index contributed by atoms with van der Waals surface area (Å²) >= 11 is 1.44. The van der Waals surface area contributed by atoms with Crippen LogP contribution >= 0.6 is 11.8 Å². The Kier molecular flexibility index (Phi) is 6.47. The number of hydrogen-bond acceptors (Lipinski definition) is 8. The maximum Gasteiger partial charge on any atom is 0.339 e. The molecule has 1 aliphatic rings. The topological polar surface area (TPSA) is 119 Å². The third-order valence-corrected chi connectivity index (χ3v) is 5.42. The number of hydrogen-bond donors (Lipinski definition) is 2.